The van der Waals surface area contributed by atoms with Gasteiger partial charge in [-0.2, -0.15) is 0 Å². The lowest BCUT2D eigenvalue weighted by molar-refractivity contribution is 0.340. The highest BCUT2D eigenvalue weighted by molar-refractivity contribution is 6.31. The molecule has 0 saturated heterocycles. The second-order valence-electron chi connectivity index (χ2n) is 5.46. The SMILES string of the molecule is CCOc1ccc2nc(C)cc(Nc3cccc(Cl)c3C)c2c1. The molecule has 0 spiro atoms. The fraction of sp³-hybridized carbons (Fsp3) is 0.211. The summed E-state index contributed by atoms with van der Waals surface area (Å²) in [6.07, 6.45) is 0. The van der Waals surface area contributed by atoms with Crippen LogP contribution in [-0.4, -0.2) is 11.6 Å². The predicted octanol–water partition coefficient (Wildman–Crippen LogP) is 5.65. The van der Waals surface area contributed by atoms with Gasteiger partial charge in [0.15, 0.2) is 0 Å². The van der Waals surface area contributed by atoms with Gasteiger partial charge in [-0.05, 0) is 62.7 Å². The van der Waals surface area contributed by atoms with Crippen LogP contribution in [0.5, 0.6) is 5.75 Å². The lowest BCUT2D eigenvalue weighted by atomic mass is 10.1. The zero-order chi connectivity index (χ0) is 16.4. The molecule has 0 unspecified atom stereocenters. The first-order valence-electron chi connectivity index (χ1n) is 7.65. The summed E-state index contributed by atoms with van der Waals surface area (Å²) in [7, 11) is 0. The molecule has 0 fully saturated rings. The first kappa shape index (κ1) is 15.6. The summed E-state index contributed by atoms with van der Waals surface area (Å²) in [5, 5.41) is 5.26. The van der Waals surface area contributed by atoms with Gasteiger partial charge in [-0.15, -0.1) is 0 Å². The predicted molar refractivity (Wildman–Crippen MR) is 97.1 cm³/mol. The van der Waals surface area contributed by atoms with Gasteiger partial charge in [0.25, 0.3) is 0 Å². The van der Waals surface area contributed by atoms with Crippen LogP contribution in [0.4, 0.5) is 11.4 Å². The molecule has 3 aromatic rings. The number of nitrogens with one attached hydrogen (secondary N) is 1. The number of hydrogen-bond donors (Lipinski definition) is 1. The molecular weight excluding hydrogens is 308 g/mol. The first-order chi connectivity index (χ1) is 11.1. The van der Waals surface area contributed by atoms with Crippen molar-refractivity contribution in [3.05, 3.63) is 58.7 Å². The summed E-state index contributed by atoms with van der Waals surface area (Å²) in [6.45, 7) is 6.62. The van der Waals surface area contributed by atoms with Crippen molar-refractivity contribution in [1.29, 1.82) is 0 Å². The summed E-state index contributed by atoms with van der Waals surface area (Å²) in [5.74, 6) is 0.844. The molecule has 118 valence electrons. The topological polar surface area (TPSA) is 34.1 Å². The van der Waals surface area contributed by atoms with E-state index in [4.69, 9.17) is 16.3 Å². The second kappa shape index (κ2) is 6.47. The van der Waals surface area contributed by atoms with Crippen molar-refractivity contribution in [1.82, 2.24) is 4.98 Å². The van der Waals surface area contributed by atoms with Crippen LogP contribution < -0.4 is 10.1 Å². The number of anilines is 2. The number of fused-ring (bicyclic) bond motifs is 1. The number of aryl methyl sites for hydroxylation is 1. The number of nitrogens with zero attached hydrogens (tertiary/aromatic N) is 1. The van der Waals surface area contributed by atoms with E-state index in [0.717, 1.165) is 44.3 Å². The Bertz CT molecular complexity index is 861. The standard InChI is InChI=1S/C19H19ClN2O/c1-4-23-14-8-9-18-15(11-14)19(10-12(2)21-18)22-17-7-5-6-16(20)13(17)3/h5-11H,4H2,1-3H3,(H,21,22). The third-order valence-corrected chi connectivity index (χ3v) is 4.17. The van der Waals surface area contributed by atoms with Crippen molar-refractivity contribution in [3.63, 3.8) is 0 Å². The van der Waals surface area contributed by atoms with E-state index in [9.17, 15) is 0 Å². The number of pyridine rings is 1. The fourth-order valence-electron chi connectivity index (χ4n) is 2.59. The Balaban J connectivity index is 2.11. The summed E-state index contributed by atoms with van der Waals surface area (Å²) in [5.41, 5.74) is 4.92. The number of rotatable bonds is 4. The van der Waals surface area contributed by atoms with Crippen molar-refractivity contribution < 1.29 is 4.74 Å². The average Bonchev–Trinajstić information content (AvgIpc) is 2.52. The van der Waals surface area contributed by atoms with Crippen molar-refractivity contribution in [2.45, 2.75) is 20.8 Å². The Morgan fingerprint density at radius 3 is 2.70 bits per heavy atom. The smallest absolute Gasteiger partial charge is 0.120 e. The Hall–Kier alpha value is -2.26. The first-order valence-corrected chi connectivity index (χ1v) is 8.02. The third kappa shape index (κ3) is 3.25. The zero-order valence-electron chi connectivity index (χ0n) is 13.5. The molecule has 23 heavy (non-hydrogen) atoms. The second-order valence-corrected chi connectivity index (χ2v) is 5.87. The molecule has 0 atom stereocenters. The molecule has 0 aliphatic heterocycles. The van der Waals surface area contributed by atoms with Crippen LogP contribution >= 0.6 is 11.6 Å². The van der Waals surface area contributed by atoms with Crippen LogP contribution in [0.25, 0.3) is 10.9 Å². The Kier molecular flexibility index (Phi) is 4.39. The van der Waals surface area contributed by atoms with Gasteiger partial charge in [0, 0.05) is 27.5 Å². The lowest BCUT2D eigenvalue weighted by Crippen LogP contribution is -1.98. The van der Waals surface area contributed by atoms with Gasteiger partial charge in [0.1, 0.15) is 5.75 Å². The number of halogens is 1. The van der Waals surface area contributed by atoms with E-state index >= 15 is 0 Å². The molecule has 4 heteroatoms. The number of hydrogen-bond acceptors (Lipinski definition) is 3. The van der Waals surface area contributed by atoms with Crippen molar-refractivity contribution in [3.8, 4) is 5.75 Å². The lowest BCUT2D eigenvalue weighted by Gasteiger charge is -2.14. The molecule has 1 heterocycles. The van der Waals surface area contributed by atoms with Gasteiger partial charge < -0.3 is 10.1 Å². The van der Waals surface area contributed by atoms with Gasteiger partial charge in [-0.3, -0.25) is 4.98 Å². The summed E-state index contributed by atoms with van der Waals surface area (Å²) in [4.78, 5) is 4.60. The summed E-state index contributed by atoms with van der Waals surface area (Å²) >= 11 is 6.22. The van der Waals surface area contributed by atoms with E-state index in [1.807, 2.05) is 63.2 Å². The molecule has 1 N–H and O–H groups in total. The molecule has 0 bridgehead atoms. The Labute approximate surface area is 141 Å². The van der Waals surface area contributed by atoms with Gasteiger partial charge in [-0.25, -0.2) is 0 Å². The average molecular weight is 327 g/mol. The van der Waals surface area contributed by atoms with Crippen molar-refractivity contribution in [2.75, 3.05) is 11.9 Å². The van der Waals surface area contributed by atoms with E-state index in [1.54, 1.807) is 0 Å². The number of benzene rings is 2. The Morgan fingerprint density at radius 2 is 1.91 bits per heavy atom. The zero-order valence-corrected chi connectivity index (χ0v) is 14.2. The highest BCUT2D eigenvalue weighted by Gasteiger charge is 2.08. The van der Waals surface area contributed by atoms with E-state index < -0.39 is 0 Å². The molecule has 2 aromatic carbocycles. The minimum atomic E-state index is 0.640. The quantitative estimate of drug-likeness (QED) is 0.673. The Morgan fingerprint density at radius 1 is 1.09 bits per heavy atom. The number of aromatic nitrogens is 1. The van der Waals surface area contributed by atoms with Crippen LogP contribution in [0.3, 0.4) is 0 Å². The molecule has 0 aliphatic rings. The molecule has 3 nitrogen and oxygen atoms in total. The highest BCUT2D eigenvalue weighted by Crippen LogP contribution is 2.32. The third-order valence-electron chi connectivity index (χ3n) is 3.76. The molecule has 0 amide bonds. The molecule has 3 rings (SSSR count). The van der Waals surface area contributed by atoms with Gasteiger partial charge in [0.2, 0.25) is 0 Å². The largest absolute Gasteiger partial charge is 0.494 e. The van der Waals surface area contributed by atoms with E-state index in [1.165, 1.54) is 0 Å². The van der Waals surface area contributed by atoms with Crippen LogP contribution in [0.2, 0.25) is 5.02 Å². The normalized spacial score (nSPS) is 10.8. The summed E-state index contributed by atoms with van der Waals surface area (Å²) < 4.78 is 5.62. The maximum absolute atomic E-state index is 6.22. The molecular formula is C19H19ClN2O. The van der Waals surface area contributed by atoms with E-state index in [0.29, 0.717) is 6.61 Å². The minimum Gasteiger partial charge on any atom is -0.494 e. The maximum atomic E-state index is 6.22. The van der Waals surface area contributed by atoms with Crippen LogP contribution in [-0.2, 0) is 0 Å². The highest BCUT2D eigenvalue weighted by atomic mass is 35.5. The monoisotopic (exact) mass is 326 g/mol. The summed E-state index contributed by atoms with van der Waals surface area (Å²) in [6, 6.07) is 13.9. The van der Waals surface area contributed by atoms with E-state index in [2.05, 4.69) is 10.3 Å². The van der Waals surface area contributed by atoms with Crippen LogP contribution in [0.1, 0.15) is 18.2 Å². The van der Waals surface area contributed by atoms with Crippen molar-refractivity contribution >= 4 is 33.9 Å². The molecule has 1 aromatic heterocycles. The van der Waals surface area contributed by atoms with Gasteiger partial charge in [-0.1, -0.05) is 17.7 Å². The van der Waals surface area contributed by atoms with Crippen LogP contribution in [0.15, 0.2) is 42.5 Å². The van der Waals surface area contributed by atoms with Gasteiger partial charge in [0.05, 0.1) is 12.1 Å². The molecule has 0 aliphatic carbocycles. The van der Waals surface area contributed by atoms with E-state index in [-0.39, 0.29) is 0 Å². The fourth-order valence-corrected chi connectivity index (χ4v) is 2.76. The number of ether oxygens (including phenoxy) is 1. The van der Waals surface area contributed by atoms with Crippen molar-refractivity contribution in [2.24, 2.45) is 0 Å². The van der Waals surface area contributed by atoms with Crippen LogP contribution in [0, 0.1) is 13.8 Å². The molecule has 0 radical (unpaired) electrons. The maximum Gasteiger partial charge on any atom is 0.120 e. The van der Waals surface area contributed by atoms with Gasteiger partial charge >= 0.3 is 0 Å². The molecule has 0 saturated carbocycles. The minimum absolute atomic E-state index is 0.640.